The molecule has 19 heavy (non-hydrogen) atoms. The number of benzene rings is 1. The van der Waals surface area contributed by atoms with Gasteiger partial charge in [0.25, 0.3) is 0 Å². The summed E-state index contributed by atoms with van der Waals surface area (Å²) in [6.45, 7) is 2.13. The van der Waals surface area contributed by atoms with Crippen LogP contribution in [0.3, 0.4) is 0 Å². The smallest absolute Gasteiger partial charge is 0.223 e. The van der Waals surface area contributed by atoms with Gasteiger partial charge >= 0.3 is 0 Å². The number of rotatable bonds is 2. The van der Waals surface area contributed by atoms with E-state index in [1.54, 1.807) is 0 Å². The lowest BCUT2D eigenvalue weighted by Gasteiger charge is -2.23. The van der Waals surface area contributed by atoms with E-state index < -0.39 is 0 Å². The summed E-state index contributed by atoms with van der Waals surface area (Å²) in [6, 6.07) is 8.05. The predicted octanol–water partition coefficient (Wildman–Crippen LogP) is 0.373. The summed E-state index contributed by atoms with van der Waals surface area (Å²) in [4.78, 5) is 7.89. The summed E-state index contributed by atoms with van der Waals surface area (Å²) in [5.74, 6) is 0.568. The van der Waals surface area contributed by atoms with Crippen molar-refractivity contribution in [3.8, 4) is 0 Å². The molecule has 1 aliphatic rings. The van der Waals surface area contributed by atoms with Crippen molar-refractivity contribution in [1.29, 1.82) is 0 Å². The van der Waals surface area contributed by atoms with Crippen LogP contribution in [0.15, 0.2) is 34.3 Å². The van der Waals surface area contributed by atoms with Crippen LogP contribution < -0.4 is 22.5 Å². The number of aliphatic imine (C=N–C) groups is 2. The van der Waals surface area contributed by atoms with Gasteiger partial charge in [0.15, 0.2) is 5.96 Å². The second kappa shape index (κ2) is 6.19. The van der Waals surface area contributed by atoms with Crippen LogP contribution in [0.25, 0.3) is 0 Å². The van der Waals surface area contributed by atoms with Gasteiger partial charge in [-0.25, -0.2) is 4.99 Å². The van der Waals surface area contributed by atoms with Crippen molar-refractivity contribution in [3.05, 3.63) is 29.8 Å². The maximum absolute atomic E-state index is 5.63. The van der Waals surface area contributed by atoms with E-state index in [9.17, 15) is 0 Å². The fourth-order valence-electron chi connectivity index (χ4n) is 2.29. The first kappa shape index (κ1) is 13.4. The van der Waals surface area contributed by atoms with Crippen LogP contribution in [0, 0.1) is 0 Å². The predicted molar refractivity (Wildman–Crippen MR) is 78.4 cm³/mol. The van der Waals surface area contributed by atoms with Gasteiger partial charge in [0, 0.05) is 0 Å². The van der Waals surface area contributed by atoms with Gasteiger partial charge in [-0.15, -0.1) is 0 Å². The van der Waals surface area contributed by atoms with Gasteiger partial charge in [-0.05, 0) is 49.5 Å². The normalized spacial score (nSPS) is 17.2. The van der Waals surface area contributed by atoms with E-state index in [1.165, 1.54) is 5.56 Å². The van der Waals surface area contributed by atoms with Crippen molar-refractivity contribution in [2.75, 3.05) is 13.1 Å². The highest BCUT2D eigenvalue weighted by atomic mass is 15.1. The van der Waals surface area contributed by atoms with E-state index in [1.807, 2.05) is 18.2 Å². The molecule has 0 aliphatic carbocycles. The van der Waals surface area contributed by atoms with E-state index in [-0.39, 0.29) is 11.9 Å². The third-order valence-corrected chi connectivity index (χ3v) is 3.17. The molecular formula is C13H20N6. The Morgan fingerprint density at radius 1 is 1.16 bits per heavy atom. The molecule has 2 rings (SSSR count). The lowest BCUT2D eigenvalue weighted by molar-refractivity contribution is 0.460. The first-order valence-corrected chi connectivity index (χ1v) is 6.39. The Balaban J connectivity index is 2.17. The number of piperidine rings is 1. The Labute approximate surface area is 112 Å². The van der Waals surface area contributed by atoms with E-state index in [0.717, 1.165) is 31.6 Å². The summed E-state index contributed by atoms with van der Waals surface area (Å²) in [7, 11) is 0. The molecule has 0 radical (unpaired) electrons. The van der Waals surface area contributed by atoms with E-state index in [0.29, 0.717) is 5.92 Å². The van der Waals surface area contributed by atoms with Crippen LogP contribution >= 0.6 is 0 Å². The lowest BCUT2D eigenvalue weighted by Crippen LogP contribution is -2.26. The van der Waals surface area contributed by atoms with Crippen LogP contribution in [0.2, 0.25) is 0 Å². The molecule has 1 aromatic rings. The minimum Gasteiger partial charge on any atom is -0.370 e. The first-order chi connectivity index (χ1) is 9.15. The molecule has 0 unspecified atom stereocenters. The molecular weight excluding hydrogens is 240 g/mol. The molecule has 1 fully saturated rings. The quantitative estimate of drug-likeness (QED) is 0.454. The number of nitrogens with two attached hydrogens (primary N) is 3. The van der Waals surface area contributed by atoms with E-state index >= 15 is 0 Å². The highest BCUT2D eigenvalue weighted by molar-refractivity contribution is 5.93. The molecule has 102 valence electrons. The zero-order chi connectivity index (χ0) is 13.7. The fraction of sp³-hybridized carbons (Fsp3) is 0.385. The fourth-order valence-corrected chi connectivity index (χ4v) is 2.29. The monoisotopic (exact) mass is 260 g/mol. The molecule has 1 aromatic carbocycles. The lowest BCUT2D eigenvalue weighted by atomic mass is 9.90. The van der Waals surface area contributed by atoms with Gasteiger partial charge in [0.2, 0.25) is 5.96 Å². The highest BCUT2D eigenvalue weighted by Gasteiger charge is 2.15. The minimum absolute atomic E-state index is 0.0717. The third-order valence-electron chi connectivity index (χ3n) is 3.17. The number of nitrogens with zero attached hydrogens (tertiary/aromatic N) is 2. The van der Waals surface area contributed by atoms with Crippen LogP contribution in [0.4, 0.5) is 5.69 Å². The van der Waals surface area contributed by atoms with Crippen molar-refractivity contribution in [1.82, 2.24) is 5.32 Å². The summed E-state index contributed by atoms with van der Waals surface area (Å²) >= 11 is 0. The number of hydrogen-bond donors (Lipinski definition) is 4. The molecule has 1 aliphatic heterocycles. The topological polar surface area (TPSA) is 115 Å². The molecule has 0 spiro atoms. The summed E-state index contributed by atoms with van der Waals surface area (Å²) < 4.78 is 0. The molecule has 0 amide bonds. The zero-order valence-electron chi connectivity index (χ0n) is 10.8. The Hall–Kier alpha value is -2.08. The maximum Gasteiger partial charge on any atom is 0.223 e. The van der Waals surface area contributed by atoms with Gasteiger partial charge in [-0.1, -0.05) is 12.1 Å². The summed E-state index contributed by atoms with van der Waals surface area (Å²) in [6.07, 6.45) is 2.30. The average molecular weight is 260 g/mol. The van der Waals surface area contributed by atoms with Crippen LogP contribution in [0.5, 0.6) is 0 Å². The zero-order valence-corrected chi connectivity index (χ0v) is 10.8. The van der Waals surface area contributed by atoms with Crippen molar-refractivity contribution in [3.63, 3.8) is 0 Å². The van der Waals surface area contributed by atoms with Crippen molar-refractivity contribution >= 4 is 17.6 Å². The standard InChI is InChI=1S/C13H20N6/c14-12(15)19-13(16)18-11-3-1-2-10(8-11)9-4-6-17-7-5-9/h1-3,8-9,17H,4-7H2,(H6,14,15,16,18,19). The Bertz CT molecular complexity index is 484. The van der Waals surface area contributed by atoms with Crippen molar-refractivity contribution < 1.29 is 0 Å². The second-order valence-corrected chi connectivity index (χ2v) is 4.63. The summed E-state index contributed by atoms with van der Waals surface area (Å²) in [5.41, 5.74) is 18.2. The molecule has 0 aromatic heterocycles. The second-order valence-electron chi connectivity index (χ2n) is 4.63. The van der Waals surface area contributed by atoms with Gasteiger partial charge in [-0.2, -0.15) is 4.99 Å². The molecule has 0 saturated carbocycles. The number of nitrogens with one attached hydrogen (secondary N) is 1. The van der Waals surface area contributed by atoms with E-state index in [4.69, 9.17) is 17.2 Å². The van der Waals surface area contributed by atoms with Gasteiger partial charge in [0.05, 0.1) is 5.69 Å². The van der Waals surface area contributed by atoms with Gasteiger partial charge in [-0.3, -0.25) is 0 Å². The highest BCUT2D eigenvalue weighted by Crippen LogP contribution is 2.27. The largest absolute Gasteiger partial charge is 0.370 e. The van der Waals surface area contributed by atoms with Crippen molar-refractivity contribution in [2.45, 2.75) is 18.8 Å². The van der Waals surface area contributed by atoms with Crippen LogP contribution in [0.1, 0.15) is 24.3 Å². The SMILES string of the molecule is NC(N)=NC(N)=Nc1cccc(C2CCNCC2)c1. The number of guanidine groups is 2. The molecule has 0 atom stereocenters. The minimum atomic E-state index is -0.0873. The molecule has 1 heterocycles. The van der Waals surface area contributed by atoms with Crippen LogP contribution in [-0.4, -0.2) is 25.0 Å². The molecule has 0 bridgehead atoms. The third kappa shape index (κ3) is 3.96. The molecule has 6 heteroatoms. The summed E-state index contributed by atoms with van der Waals surface area (Å²) in [5, 5.41) is 3.36. The average Bonchev–Trinajstić information content (AvgIpc) is 2.39. The maximum atomic E-state index is 5.63. The first-order valence-electron chi connectivity index (χ1n) is 6.39. The van der Waals surface area contributed by atoms with Gasteiger partial charge < -0.3 is 22.5 Å². The molecule has 6 nitrogen and oxygen atoms in total. The van der Waals surface area contributed by atoms with Crippen LogP contribution in [-0.2, 0) is 0 Å². The van der Waals surface area contributed by atoms with Crippen molar-refractivity contribution in [2.24, 2.45) is 27.2 Å². The van der Waals surface area contributed by atoms with Gasteiger partial charge in [0.1, 0.15) is 0 Å². The Morgan fingerprint density at radius 3 is 2.58 bits per heavy atom. The molecule has 7 N–H and O–H groups in total. The molecule has 1 saturated heterocycles. The Morgan fingerprint density at radius 2 is 1.89 bits per heavy atom. The number of hydrogen-bond acceptors (Lipinski definition) is 2. The van der Waals surface area contributed by atoms with E-state index in [2.05, 4.69) is 21.4 Å². The Kier molecular flexibility index (Phi) is 4.35.